The van der Waals surface area contributed by atoms with Gasteiger partial charge in [0.2, 0.25) is 5.88 Å². The molecule has 0 aliphatic rings. The Bertz CT molecular complexity index is 428. The Morgan fingerprint density at radius 2 is 2.38 bits per heavy atom. The maximum atomic E-state index is 5.44. The Morgan fingerprint density at radius 1 is 1.44 bits per heavy atom. The van der Waals surface area contributed by atoms with Crippen LogP contribution in [0.5, 0.6) is 5.88 Å². The van der Waals surface area contributed by atoms with Gasteiger partial charge in [0.25, 0.3) is 0 Å². The lowest BCUT2D eigenvalue weighted by Crippen LogP contribution is -2.03. The van der Waals surface area contributed by atoms with Gasteiger partial charge in [0.15, 0.2) is 0 Å². The highest BCUT2D eigenvalue weighted by Crippen LogP contribution is 2.21. The molecule has 0 atom stereocenters. The largest absolute Gasteiger partial charge is 0.476 e. The number of rotatable bonds is 5. The first-order chi connectivity index (χ1) is 7.90. The van der Waals surface area contributed by atoms with Crippen molar-refractivity contribution < 1.29 is 4.74 Å². The number of aromatic nitrogens is 1. The number of hydrogen-bond donors (Lipinski definition) is 1. The molecule has 0 radical (unpaired) electrons. The number of anilines is 1. The number of hydrogen-bond acceptors (Lipinski definition) is 4. The van der Waals surface area contributed by atoms with Crippen LogP contribution in [0.2, 0.25) is 0 Å². The number of nitrogens with one attached hydrogen (secondary N) is 1. The van der Waals surface area contributed by atoms with Crippen LogP contribution >= 0.6 is 11.3 Å². The third kappa shape index (κ3) is 2.73. The molecule has 2 aromatic rings. The van der Waals surface area contributed by atoms with Crippen LogP contribution in [0.3, 0.4) is 0 Å². The average Bonchev–Trinajstić information content (AvgIpc) is 2.81. The average molecular weight is 234 g/mol. The van der Waals surface area contributed by atoms with Crippen LogP contribution < -0.4 is 10.1 Å². The summed E-state index contributed by atoms with van der Waals surface area (Å²) in [6.45, 7) is 3.39. The van der Waals surface area contributed by atoms with Gasteiger partial charge in [-0.25, -0.2) is 4.98 Å². The lowest BCUT2D eigenvalue weighted by atomic mass is 10.3. The molecule has 0 aliphatic carbocycles. The molecule has 0 fully saturated rings. The fourth-order valence-corrected chi connectivity index (χ4v) is 2.04. The number of pyridine rings is 1. The molecule has 2 rings (SSSR count). The first kappa shape index (κ1) is 11.0. The zero-order valence-electron chi connectivity index (χ0n) is 9.14. The highest BCUT2D eigenvalue weighted by molar-refractivity contribution is 7.07. The van der Waals surface area contributed by atoms with E-state index in [2.05, 4.69) is 27.1 Å². The molecule has 2 heterocycles. The summed E-state index contributed by atoms with van der Waals surface area (Å²) in [6.07, 6.45) is 1.74. The van der Waals surface area contributed by atoms with Crippen LogP contribution in [0.4, 0.5) is 5.69 Å². The lowest BCUT2D eigenvalue weighted by molar-refractivity contribution is 0.328. The van der Waals surface area contributed by atoms with E-state index in [1.165, 1.54) is 5.56 Å². The molecule has 0 bridgehead atoms. The van der Waals surface area contributed by atoms with E-state index in [9.17, 15) is 0 Å². The van der Waals surface area contributed by atoms with Crippen molar-refractivity contribution in [3.63, 3.8) is 0 Å². The van der Waals surface area contributed by atoms with Crippen molar-refractivity contribution in [2.45, 2.75) is 13.5 Å². The van der Waals surface area contributed by atoms with E-state index in [0.717, 1.165) is 12.2 Å². The van der Waals surface area contributed by atoms with Gasteiger partial charge in [-0.3, -0.25) is 0 Å². The van der Waals surface area contributed by atoms with Gasteiger partial charge in [0.1, 0.15) is 0 Å². The third-order valence-corrected chi connectivity index (χ3v) is 2.85. The summed E-state index contributed by atoms with van der Waals surface area (Å²) in [5.74, 6) is 0.667. The maximum absolute atomic E-state index is 5.44. The molecule has 2 aromatic heterocycles. The van der Waals surface area contributed by atoms with E-state index < -0.39 is 0 Å². The fraction of sp³-hybridized carbons (Fsp3) is 0.250. The minimum atomic E-state index is 0.629. The second-order valence-corrected chi connectivity index (χ2v) is 4.05. The van der Waals surface area contributed by atoms with Crippen molar-refractivity contribution in [1.29, 1.82) is 0 Å². The normalized spacial score (nSPS) is 10.1. The number of ether oxygens (including phenoxy) is 1. The van der Waals surface area contributed by atoms with Gasteiger partial charge in [0.05, 0.1) is 12.3 Å². The van der Waals surface area contributed by atoms with Gasteiger partial charge < -0.3 is 10.1 Å². The molecule has 0 spiro atoms. The van der Waals surface area contributed by atoms with Gasteiger partial charge in [-0.1, -0.05) is 0 Å². The van der Waals surface area contributed by atoms with Crippen LogP contribution in [0.15, 0.2) is 35.2 Å². The van der Waals surface area contributed by atoms with Crippen molar-refractivity contribution in [1.82, 2.24) is 4.98 Å². The number of nitrogens with zero attached hydrogens (tertiary/aromatic N) is 1. The topological polar surface area (TPSA) is 34.1 Å². The molecule has 0 saturated carbocycles. The molecule has 0 aromatic carbocycles. The zero-order chi connectivity index (χ0) is 11.2. The summed E-state index contributed by atoms with van der Waals surface area (Å²) < 4.78 is 5.44. The predicted octanol–water partition coefficient (Wildman–Crippen LogP) is 3.15. The SMILES string of the molecule is CCOc1ncccc1NCc1ccsc1. The lowest BCUT2D eigenvalue weighted by Gasteiger charge is -2.10. The second kappa shape index (κ2) is 5.51. The zero-order valence-corrected chi connectivity index (χ0v) is 9.96. The van der Waals surface area contributed by atoms with Crippen LogP contribution in [-0.4, -0.2) is 11.6 Å². The van der Waals surface area contributed by atoms with Crippen LogP contribution in [0.1, 0.15) is 12.5 Å². The van der Waals surface area contributed by atoms with Crippen molar-refractivity contribution >= 4 is 17.0 Å². The Morgan fingerprint density at radius 3 is 3.12 bits per heavy atom. The quantitative estimate of drug-likeness (QED) is 0.863. The van der Waals surface area contributed by atoms with Crippen LogP contribution in [-0.2, 0) is 6.54 Å². The molecule has 4 heteroatoms. The van der Waals surface area contributed by atoms with Crippen molar-refractivity contribution in [2.24, 2.45) is 0 Å². The highest BCUT2D eigenvalue weighted by atomic mass is 32.1. The molecule has 0 amide bonds. The summed E-state index contributed by atoms with van der Waals surface area (Å²) in [4.78, 5) is 4.19. The van der Waals surface area contributed by atoms with Crippen LogP contribution in [0, 0.1) is 0 Å². The molecule has 0 aliphatic heterocycles. The third-order valence-electron chi connectivity index (χ3n) is 2.12. The summed E-state index contributed by atoms with van der Waals surface area (Å²) in [5, 5.41) is 7.52. The van der Waals surface area contributed by atoms with E-state index >= 15 is 0 Å². The Labute approximate surface area is 99.1 Å². The van der Waals surface area contributed by atoms with Gasteiger partial charge in [-0.05, 0) is 41.4 Å². The molecule has 3 nitrogen and oxygen atoms in total. The van der Waals surface area contributed by atoms with Crippen molar-refractivity contribution in [3.8, 4) is 5.88 Å². The van der Waals surface area contributed by atoms with E-state index in [-0.39, 0.29) is 0 Å². The van der Waals surface area contributed by atoms with Gasteiger partial charge >= 0.3 is 0 Å². The molecule has 0 saturated heterocycles. The van der Waals surface area contributed by atoms with Gasteiger partial charge in [-0.2, -0.15) is 11.3 Å². The fourth-order valence-electron chi connectivity index (χ4n) is 1.37. The predicted molar refractivity (Wildman–Crippen MR) is 67.1 cm³/mol. The van der Waals surface area contributed by atoms with Gasteiger partial charge in [-0.15, -0.1) is 0 Å². The minimum absolute atomic E-state index is 0.629. The monoisotopic (exact) mass is 234 g/mol. The van der Waals surface area contributed by atoms with Crippen molar-refractivity contribution in [2.75, 3.05) is 11.9 Å². The summed E-state index contributed by atoms with van der Waals surface area (Å²) in [7, 11) is 0. The van der Waals surface area contributed by atoms with Gasteiger partial charge in [0, 0.05) is 12.7 Å². The standard InChI is InChI=1S/C12H14N2OS/c1-2-15-12-11(4-3-6-13-12)14-8-10-5-7-16-9-10/h3-7,9,14H,2,8H2,1H3. The van der Waals surface area contributed by atoms with Crippen LogP contribution in [0.25, 0.3) is 0 Å². The Kier molecular flexibility index (Phi) is 3.77. The Balaban J connectivity index is 2.03. The Hall–Kier alpha value is -1.55. The van der Waals surface area contributed by atoms with E-state index in [4.69, 9.17) is 4.74 Å². The molecular weight excluding hydrogens is 220 g/mol. The number of thiophene rings is 1. The van der Waals surface area contributed by atoms with E-state index in [1.54, 1.807) is 17.5 Å². The maximum Gasteiger partial charge on any atom is 0.237 e. The van der Waals surface area contributed by atoms with E-state index in [0.29, 0.717) is 12.5 Å². The van der Waals surface area contributed by atoms with Crippen molar-refractivity contribution in [3.05, 3.63) is 40.7 Å². The van der Waals surface area contributed by atoms with E-state index in [1.807, 2.05) is 19.1 Å². The molecule has 16 heavy (non-hydrogen) atoms. The second-order valence-electron chi connectivity index (χ2n) is 3.27. The molecule has 0 unspecified atom stereocenters. The first-order valence-electron chi connectivity index (χ1n) is 5.23. The molecule has 84 valence electrons. The first-order valence-corrected chi connectivity index (χ1v) is 6.17. The molecule has 1 N–H and O–H groups in total. The smallest absolute Gasteiger partial charge is 0.237 e. The molecular formula is C12H14N2OS. The minimum Gasteiger partial charge on any atom is -0.476 e. The summed E-state index contributed by atoms with van der Waals surface area (Å²) in [6, 6.07) is 5.98. The summed E-state index contributed by atoms with van der Waals surface area (Å²) in [5.41, 5.74) is 2.21. The summed E-state index contributed by atoms with van der Waals surface area (Å²) >= 11 is 1.70. The highest BCUT2D eigenvalue weighted by Gasteiger charge is 2.03.